The molecule has 4 N–H and O–H groups in total. The normalized spacial score (nSPS) is 12.5. The molecule has 19 rings (SSSR count). The standard InChI is InChI=1S/C88H26F30N8O/c89-57-51(58(90)70(102)81(113)69(57)101)45-31-11-7-27(119-31)43(28-8-12-32(120-28)46(52-59(91)71(103)82(114)72(104)60(52)92)36-16-20-40(124-36)49(39-19-15-35(45)123-39)55-65(97)77(109)85(117)78(110)66(55)98)25-5-1-3-23-24-4-2-6-26(88(24)127-87(23)25)44-29-9-13-33(121-29)47(53-61(93)73(105)83(115)74(106)62(53)94)37-17-21-41(125-37)50(56-67(99)79(111)86(118)80(112)68(56)100)42-22-18-38(126-42)48(34-14-10-30(44)122-34)54-63(95)75(107)84(116)76(108)64(54)96/h1-22,119,121,124,126H. The molecule has 0 unspecified atom stereocenters. The van der Waals surface area contributed by atoms with Crippen LogP contribution in [0.4, 0.5) is 132 Å². The average molecular weight is 1780 g/mol. The molecule has 39 heteroatoms. The van der Waals surface area contributed by atoms with Crippen LogP contribution in [-0.4, -0.2) is 39.9 Å². The number of fused-ring (bicyclic) bond motifs is 19. The number of hydrogen-bond donors (Lipinski definition) is 4. The van der Waals surface area contributed by atoms with Gasteiger partial charge in [0.1, 0.15) is 11.2 Å². The maximum Gasteiger partial charge on any atom is 0.200 e. The summed E-state index contributed by atoms with van der Waals surface area (Å²) < 4.78 is 485. The summed E-state index contributed by atoms with van der Waals surface area (Å²) in [4.78, 5) is 27.8. The van der Waals surface area contributed by atoms with E-state index in [-0.39, 0.29) is 21.9 Å². The van der Waals surface area contributed by atoms with E-state index in [1.807, 2.05) is 0 Å². The van der Waals surface area contributed by atoms with Gasteiger partial charge in [0.25, 0.3) is 0 Å². The van der Waals surface area contributed by atoms with Gasteiger partial charge in [-0.25, -0.2) is 152 Å². The van der Waals surface area contributed by atoms with Crippen LogP contribution < -0.4 is 0 Å². The molecular weight excluding hydrogens is 1750 g/mol. The SMILES string of the molecule is Fc1c(F)c(F)c(-c2c3nc(c(-c4c(F)c(F)c(F)c(F)c4F)c4ccc([nH]4)c(-c4cccc5c4oc4c(-c6c7nc(c(-c8c(F)c(F)c(F)c(F)c8F)c8ccc([nH]8)c(-c8c(F)c(F)c(F)c(F)c8F)c8nc(c(-c9c(F)c(F)c(F)c(F)c9F)c9ccc6[nH]9)C=C8)C=C7)cccc45)c4nc(c(-c5c(F)c(F)c(F)c(F)c5F)c5ccc2[nH]5)C=C4)C=C3)c(F)c1F. The van der Waals surface area contributed by atoms with E-state index in [1.54, 1.807) is 0 Å². The van der Waals surface area contributed by atoms with Gasteiger partial charge in [0.05, 0.1) is 78.9 Å². The molecule has 8 aromatic carbocycles. The highest BCUT2D eigenvalue weighted by molar-refractivity contribution is 6.16. The first kappa shape index (κ1) is 81.3. The Balaban J connectivity index is 0.954. The molecule has 127 heavy (non-hydrogen) atoms. The molecule has 15 aromatic rings. The third-order valence-corrected chi connectivity index (χ3v) is 21.3. The molecule has 0 radical (unpaired) electrons. The zero-order chi connectivity index (χ0) is 90.0. The van der Waals surface area contributed by atoms with Crippen molar-refractivity contribution in [1.29, 1.82) is 0 Å². The minimum atomic E-state index is -2.75. The number of furan rings is 1. The lowest BCUT2D eigenvalue weighted by Gasteiger charge is -2.11. The highest BCUT2D eigenvalue weighted by Gasteiger charge is 2.39. The smallest absolute Gasteiger partial charge is 0.200 e. The fraction of sp³-hybridized carbons (Fsp3) is 0. The molecule has 4 aliphatic rings. The Kier molecular flexibility index (Phi) is 18.7. The third kappa shape index (κ3) is 11.8. The molecule has 0 spiro atoms. The van der Waals surface area contributed by atoms with E-state index in [9.17, 15) is 8.78 Å². The number of benzene rings is 8. The summed E-state index contributed by atoms with van der Waals surface area (Å²) in [6.07, 6.45) is 6.26. The van der Waals surface area contributed by atoms with Crippen molar-refractivity contribution in [2.45, 2.75) is 0 Å². The maximum absolute atomic E-state index is 16.7. The minimum absolute atomic E-state index is 0.0631. The fourth-order valence-electron chi connectivity index (χ4n) is 15.7. The van der Waals surface area contributed by atoms with Crippen molar-refractivity contribution in [1.82, 2.24) is 39.9 Å². The zero-order valence-electron chi connectivity index (χ0n) is 61.2. The van der Waals surface area contributed by atoms with Gasteiger partial charge in [-0.3, -0.25) is 0 Å². The Hall–Kier alpha value is -15.3. The van der Waals surface area contributed by atoms with Crippen molar-refractivity contribution in [3.8, 4) is 89.0 Å². The molecule has 11 heterocycles. The Labute approximate surface area is 682 Å². The first-order valence-electron chi connectivity index (χ1n) is 35.9. The van der Waals surface area contributed by atoms with E-state index in [0.29, 0.717) is 48.6 Å². The predicted molar refractivity (Wildman–Crippen MR) is 401 cm³/mol. The summed E-state index contributed by atoms with van der Waals surface area (Å²) in [5, 5.41) is -0.126. The second-order valence-corrected chi connectivity index (χ2v) is 28.1. The monoisotopic (exact) mass is 1780 g/mol. The van der Waals surface area contributed by atoms with Crippen molar-refractivity contribution in [2.24, 2.45) is 0 Å². The van der Waals surface area contributed by atoms with Crippen LogP contribution in [0.25, 0.3) is 204 Å². The van der Waals surface area contributed by atoms with Gasteiger partial charge in [-0.2, -0.15) is 0 Å². The first-order valence-corrected chi connectivity index (χ1v) is 35.9. The molecule has 16 bridgehead atoms. The largest absolute Gasteiger partial charge is 0.455 e. The Morgan fingerprint density at radius 2 is 0.299 bits per heavy atom. The summed E-state index contributed by atoms with van der Waals surface area (Å²) in [7, 11) is 0. The summed E-state index contributed by atoms with van der Waals surface area (Å²) >= 11 is 0. The second kappa shape index (κ2) is 29.2. The van der Waals surface area contributed by atoms with Gasteiger partial charge in [-0.1, -0.05) is 36.4 Å². The predicted octanol–water partition coefficient (Wildman–Crippen LogP) is 27.0. The molecule has 7 aromatic heterocycles. The summed E-state index contributed by atoms with van der Waals surface area (Å²) in [6, 6.07) is 14.1. The number of hydrogen-bond acceptors (Lipinski definition) is 5. The lowest BCUT2D eigenvalue weighted by molar-refractivity contribution is 0.381. The van der Waals surface area contributed by atoms with Crippen molar-refractivity contribution in [3.63, 3.8) is 0 Å². The van der Waals surface area contributed by atoms with E-state index in [2.05, 4.69) is 39.9 Å². The molecule has 0 amide bonds. The summed E-state index contributed by atoms with van der Waals surface area (Å²) in [5.74, 6) is -79.2. The molecule has 0 saturated carbocycles. The molecule has 0 aliphatic carbocycles. The lowest BCUT2D eigenvalue weighted by atomic mass is 9.98. The number of nitrogens with one attached hydrogen (secondary N) is 4. The number of aromatic nitrogens is 8. The Bertz CT molecular complexity index is 7390. The Morgan fingerprint density at radius 1 is 0.157 bits per heavy atom. The van der Waals surface area contributed by atoms with Gasteiger partial charge in [-0.15, -0.1) is 0 Å². The quantitative estimate of drug-likeness (QED) is 0.0684. The molecule has 634 valence electrons. The number of aromatic amines is 4. The number of para-hydroxylation sites is 2. The number of H-pyrrole nitrogens is 4. The maximum atomic E-state index is 16.7. The number of halogens is 30. The zero-order valence-corrected chi connectivity index (χ0v) is 61.2. The van der Waals surface area contributed by atoms with Gasteiger partial charge >= 0.3 is 0 Å². The molecule has 0 fully saturated rings. The van der Waals surface area contributed by atoms with Crippen LogP contribution in [0.3, 0.4) is 0 Å². The topological polar surface area (TPSA) is 128 Å². The fourth-order valence-corrected chi connectivity index (χ4v) is 15.7. The van der Waals surface area contributed by atoms with Crippen molar-refractivity contribution in [2.75, 3.05) is 0 Å². The lowest BCUT2D eigenvalue weighted by Crippen LogP contribution is -2.06. The van der Waals surface area contributed by atoms with Crippen LogP contribution in [0.5, 0.6) is 0 Å². The molecular formula is C88H26F30N8O. The van der Waals surface area contributed by atoms with Gasteiger partial charge < -0.3 is 24.4 Å². The highest BCUT2D eigenvalue weighted by atomic mass is 19.2. The average Bonchev–Trinajstić information content (AvgIpc) is 1.57. The van der Waals surface area contributed by atoms with E-state index in [0.717, 1.165) is 48.6 Å². The van der Waals surface area contributed by atoms with Crippen LogP contribution in [-0.2, 0) is 0 Å². The first-order chi connectivity index (χ1) is 60.5. The van der Waals surface area contributed by atoms with Gasteiger partial charge in [0, 0.05) is 111 Å². The van der Waals surface area contributed by atoms with Crippen LogP contribution in [0.1, 0.15) is 45.6 Å². The van der Waals surface area contributed by atoms with E-state index >= 15 is 123 Å². The van der Waals surface area contributed by atoms with Gasteiger partial charge in [0.2, 0.25) is 34.9 Å². The molecule has 0 saturated heterocycles. The van der Waals surface area contributed by atoms with Crippen molar-refractivity contribution < 1.29 is 136 Å². The molecule has 4 aliphatic heterocycles. The molecule has 0 atom stereocenters. The van der Waals surface area contributed by atoms with Gasteiger partial charge in [0.15, 0.2) is 140 Å². The Morgan fingerprint density at radius 3 is 0.465 bits per heavy atom. The van der Waals surface area contributed by atoms with E-state index in [4.69, 9.17) is 4.42 Å². The summed E-state index contributed by atoms with van der Waals surface area (Å²) in [5.41, 5.74) is -33.8. The van der Waals surface area contributed by atoms with Crippen LogP contribution in [0.15, 0.2) is 89.3 Å². The molecule has 9 nitrogen and oxygen atoms in total. The van der Waals surface area contributed by atoms with Crippen LogP contribution in [0, 0.1) is 175 Å². The van der Waals surface area contributed by atoms with Crippen molar-refractivity contribution >= 4 is 115 Å². The highest BCUT2D eigenvalue weighted by Crippen LogP contribution is 2.51. The number of nitrogens with zero attached hydrogens (tertiary/aromatic N) is 4. The minimum Gasteiger partial charge on any atom is -0.455 e. The van der Waals surface area contributed by atoms with Crippen molar-refractivity contribution in [3.05, 3.63) is 305 Å². The second-order valence-electron chi connectivity index (χ2n) is 28.1. The number of rotatable bonds is 8. The van der Waals surface area contributed by atoms with Crippen LogP contribution in [0.2, 0.25) is 0 Å². The van der Waals surface area contributed by atoms with Crippen LogP contribution >= 0.6 is 0 Å². The third-order valence-electron chi connectivity index (χ3n) is 21.3. The van der Waals surface area contributed by atoms with Gasteiger partial charge in [-0.05, 0) is 97.1 Å². The van der Waals surface area contributed by atoms with E-state index in [1.165, 1.54) is 36.4 Å². The van der Waals surface area contributed by atoms with E-state index < -0.39 is 353 Å². The summed E-state index contributed by atoms with van der Waals surface area (Å²) in [6.45, 7) is 0.